The summed E-state index contributed by atoms with van der Waals surface area (Å²) in [6, 6.07) is 26.5. The van der Waals surface area contributed by atoms with Gasteiger partial charge in [-0.15, -0.1) is 0 Å². The molecule has 0 aliphatic rings. The third kappa shape index (κ3) is 2.43. The van der Waals surface area contributed by atoms with Gasteiger partial charge in [-0.25, -0.2) is 0 Å². The van der Waals surface area contributed by atoms with Crippen LogP contribution in [0, 0.1) is 28.6 Å². The van der Waals surface area contributed by atoms with Crippen molar-refractivity contribution in [2.45, 2.75) is 5.92 Å². The summed E-state index contributed by atoms with van der Waals surface area (Å²) in [5, 5.41) is 22.5. The molecular weight excluding hydrogens is 306 g/mol. The maximum absolute atomic E-state index is 9.62. The minimum absolute atomic E-state index is 0.308. The number of H-pyrrole nitrogens is 1. The van der Waals surface area contributed by atoms with Gasteiger partial charge in [0.15, 0.2) is 0 Å². The summed E-state index contributed by atoms with van der Waals surface area (Å²) in [6.07, 6.45) is 1.93. The molecule has 1 heterocycles. The molecular formula is C22H15N3. The fourth-order valence-electron chi connectivity index (χ4n) is 3.58. The van der Waals surface area contributed by atoms with E-state index in [1.165, 1.54) is 0 Å². The van der Waals surface area contributed by atoms with Crippen LogP contribution in [0.3, 0.4) is 0 Å². The monoisotopic (exact) mass is 321 g/mol. The number of nitriles is 2. The van der Waals surface area contributed by atoms with E-state index in [1.54, 1.807) is 0 Å². The maximum Gasteiger partial charge on any atom is 0.144 e. The molecule has 0 radical (unpaired) electrons. The summed E-state index contributed by atoms with van der Waals surface area (Å²) in [5.74, 6) is -1.07. The first kappa shape index (κ1) is 15.0. The van der Waals surface area contributed by atoms with Gasteiger partial charge in [0.25, 0.3) is 0 Å². The van der Waals surface area contributed by atoms with E-state index >= 15 is 0 Å². The van der Waals surface area contributed by atoms with Gasteiger partial charge in [0, 0.05) is 23.0 Å². The van der Waals surface area contributed by atoms with Gasteiger partial charge >= 0.3 is 0 Å². The summed E-state index contributed by atoms with van der Waals surface area (Å²) in [4.78, 5) is 3.27. The molecule has 25 heavy (non-hydrogen) atoms. The molecule has 3 nitrogen and oxygen atoms in total. The number of hydrogen-bond acceptors (Lipinski definition) is 2. The maximum atomic E-state index is 9.62. The number of nitrogens with one attached hydrogen (secondary N) is 1. The molecule has 1 atom stereocenters. The fourth-order valence-corrected chi connectivity index (χ4v) is 3.58. The molecule has 0 aliphatic carbocycles. The normalized spacial score (nSPS) is 12.1. The van der Waals surface area contributed by atoms with Gasteiger partial charge in [-0.2, -0.15) is 10.5 Å². The van der Waals surface area contributed by atoms with Crippen LogP contribution < -0.4 is 0 Å². The minimum atomic E-state index is -0.759. The van der Waals surface area contributed by atoms with Crippen LogP contribution in [0.25, 0.3) is 21.7 Å². The number of hydrogen-bond donors (Lipinski definition) is 1. The lowest BCUT2D eigenvalue weighted by Crippen LogP contribution is -2.11. The van der Waals surface area contributed by atoms with E-state index in [4.69, 9.17) is 0 Å². The first-order chi connectivity index (χ1) is 12.3. The Bertz CT molecular complexity index is 1120. The van der Waals surface area contributed by atoms with Crippen molar-refractivity contribution in [1.82, 2.24) is 4.98 Å². The second kappa shape index (κ2) is 6.15. The van der Waals surface area contributed by atoms with Crippen LogP contribution in [-0.4, -0.2) is 4.98 Å². The molecule has 3 heteroatoms. The Kier molecular flexibility index (Phi) is 3.69. The molecule has 0 fully saturated rings. The van der Waals surface area contributed by atoms with Crippen molar-refractivity contribution >= 4 is 21.7 Å². The van der Waals surface area contributed by atoms with Crippen LogP contribution in [0.15, 0.2) is 72.9 Å². The van der Waals surface area contributed by atoms with E-state index in [9.17, 15) is 10.5 Å². The number of aromatic nitrogens is 1. The summed E-state index contributed by atoms with van der Waals surface area (Å²) in [7, 11) is 0. The number of para-hydroxylation sites is 1. The van der Waals surface area contributed by atoms with Crippen LogP contribution in [0.5, 0.6) is 0 Å². The van der Waals surface area contributed by atoms with Crippen molar-refractivity contribution in [2.24, 2.45) is 5.92 Å². The molecule has 0 spiro atoms. The summed E-state index contributed by atoms with van der Waals surface area (Å²) in [6.45, 7) is 0. The van der Waals surface area contributed by atoms with E-state index in [0.29, 0.717) is 0 Å². The van der Waals surface area contributed by atoms with E-state index in [0.717, 1.165) is 32.8 Å². The van der Waals surface area contributed by atoms with E-state index in [2.05, 4.69) is 35.3 Å². The molecule has 1 aromatic heterocycles. The molecule has 0 aliphatic heterocycles. The zero-order valence-corrected chi connectivity index (χ0v) is 13.5. The van der Waals surface area contributed by atoms with Crippen LogP contribution in [0.1, 0.15) is 17.0 Å². The van der Waals surface area contributed by atoms with Gasteiger partial charge < -0.3 is 4.98 Å². The van der Waals surface area contributed by atoms with Gasteiger partial charge in [0.1, 0.15) is 5.92 Å². The van der Waals surface area contributed by atoms with Gasteiger partial charge in [0.05, 0.1) is 12.1 Å². The summed E-state index contributed by atoms with van der Waals surface area (Å²) in [5.41, 5.74) is 3.01. The number of fused-ring (bicyclic) bond motifs is 2. The Hall–Kier alpha value is -3.56. The highest BCUT2D eigenvalue weighted by atomic mass is 14.7. The minimum Gasteiger partial charge on any atom is -0.361 e. The predicted octanol–water partition coefficient (Wildman–Crippen LogP) is 5.12. The molecule has 4 aromatic rings. The van der Waals surface area contributed by atoms with Gasteiger partial charge in [-0.3, -0.25) is 0 Å². The quantitative estimate of drug-likeness (QED) is 0.569. The second-order valence-corrected chi connectivity index (χ2v) is 6.07. The van der Waals surface area contributed by atoms with Crippen molar-refractivity contribution in [3.63, 3.8) is 0 Å². The Labute approximate surface area is 145 Å². The van der Waals surface area contributed by atoms with E-state index in [1.807, 2.05) is 54.7 Å². The van der Waals surface area contributed by atoms with Crippen LogP contribution >= 0.6 is 0 Å². The highest BCUT2D eigenvalue weighted by molar-refractivity contribution is 5.89. The third-order valence-electron chi connectivity index (χ3n) is 4.73. The van der Waals surface area contributed by atoms with Crippen LogP contribution in [-0.2, 0) is 0 Å². The van der Waals surface area contributed by atoms with Crippen molar-refractivity contribution in [3.8, 4) is 12.1 Å². The molecule has 118 valence electrons. The second-order valence-electron chi connectivity index (χ2n) is 6.07. The van der Waals surface area contributed by atoms with Crippen molar-refractivity contribution < 1.29 is 0 Å². The average molecular weight is 321 g/mol. The zero-order chi connectivity index (χ0) is 17.2. The Morgan fingerprint density at radius 1 is 0.720 bits per heavy atom. The number of rotatable bonds is 3. The molecule has 0 saturated carbocycles. The van der Waals surface area contributed by atoms with Crippen LogP contribution in [0.2, 0.25) is 0 Å². The first-order valence-electron chi connectivity index (χ1n) is 8.16. The van der Waals surface area contributed by atoms with Gasteiger partial charge in [-0.1, -0.05) is 60.7 Å². The van der Waals surface area contributed by atoms with Crippen molar-refractivity contribution in [1.29, 1.82) is 10.5 Å². The topological polar surface area (TPSA) is 63.4 Å². The molecule has 3 aromatic carbocycles. The summed E-state index contributed by atoms with van der Waals surface area (Å²) < 4.78 is 0. The lowest BCUT2D eigenvalue weighted by atomic mass is 9.80. The molecule has 1 N–H and O–H groups in total. The van der Waals surface area contributed by atoms with Crippen LogP contribution in [0.4, 0.5) is 0 Å². The van der Waals surface area contributed by atoms with E-state index in [-0.39, 0.29) is 5.92 Å². The molecule has 0 bridgehead atoms. The van der Waals surface area contributed by atoms with Gasteiger partial charge in [-0.05, 0) is 28.0 Å². The fraction of sp³-hybridized carbons (Fsp3) is 0.0909. The summed E-state index contributed by atoms with van der Waals surface area (Å²) >= 11 is 0. The standard InChI is InChI=1S/C22H15N3/c23-12-16(13-24)22(20-14-25-21-11-4-3-9-18(20)21)19-10-5-7-15-6-1-2-8-17(15)19/h1-11,14,16,22,25H. The smallest absolute Gasteiger partial charge is 0.144 e. The SMILES string of the molecule is N#CC(C#N)C(c1cccc2ccccc12)c1c[nH]c2ccccc12. The molecule has 0 saturated heterocycles. The highest BCUT2D eigenvalue weighted by Crippen LogP contribution is 2.39. The van der Waals surface area contributed by atoms with Crippen molar-refractivity contribution in [3.05, 3.63) is 84.1 Å². The molecule has 1 unspecified atom stereocenters. The molecule has 4 rings (SSSR count). The number of nitrogens with zero attached hydrogens (tertiary/aromatic N) is 2. The number of aromatic amines is 1. The highest BCUT2D eigenvalue weighted by Gasteiger charge is 2.28. The first-order valence-corrected chi connectivity index (χ1v) is 8.16. The average Bonchev–Trinajstić information content (AvgIpc) is 3.09. The predicted molar refractivity (Wildman–Crippen MR) is 98.8 cm³/mol. The Morgan fingerprint density at radius 3 is 2.20 bits per heavy atom. The lowest BCUT2D eigenvalue weighted by Gasteiger charge is -2.20. The van der Waals surface area contributed by atoms with Crippen molar-refractivity contribution in [2.75, 3.05) is 0 Å². The lowest BCUT2D eigenvalue weighted by molar-refractivity contribution is 0.719. The number of benzene rings is 3. The Morgan fingerprint density at radius 2 is 1.40 bits per heavy atom. The molecule has 0 amide bonds. The third-order valence-corrected chi connectivity index (χ3v) is 4.73. The van der Waals surface area contributed by atoms with Gasteiger partial charge in [0.2, 0.25) is 0 Å². The zero-order valence-electron chi connectivity index (χ0n) is 13.5. The Balaban J connectivity index is 2.03. The largest absolute Gasteiger partial charge is 0.361 e. The van der Waals surface area contributed by atoms with E-state index < -0.39 is 5.92 Å².